The van der Waals surface area contributed by atoms with E-state index < -0.39 is 23.3 Å². The first-order valence-electron chi connectivity index (χ1n) is 5.04. The zero-order valence-corrected chi connectivity index (χ0v) is 9.00. The highest BCUT2D eigenvalue weighted by atomic mass is 19.4. The highest BCUT2D eigenvalue weighted by Crippen LogP contribution is 2.41. The van der Waals surface area contributed by atoms with Gasteiger partial charge in [-0.1, -0.05) is 24.3 Å². The molecule has 0 aliphatic carbocycles. The van der Waals surface area contributed by atoms with Crippen molar-refractivity contribution >= 4 is 0 Å². The number of hydrogen-bond donors (Lipinski definition) is 1. The summed E-state index contributed by atoms with van der Waals surface area (Å²) < 4.78 is 50.8. The lowest BCUT2D eigenvalue weighted by Crippen LogP contribution is -2.05. The van der Waals surface area contributed by atoms with Gasteiger partial charge >= 0.3 is 6.18 Å². The highest BCUT2D eigenvalue weighted by Gasteiger charge is 2.34. The molecule has 0 saturated heterocycles. The Balaban J connectivity index is 2.60. The minimum atomic E-state index is -4.65. The molecule has 0 aromatic heterocycles. The van der Waals surface area contributed by atoms with Crippen molar-refractivity contribution < 1.29 is 22.7 Å². The number of rotatable bonds is 1. The van der Waals surface area contributed by atoms with Gasteiger partial charge < -0.3 is 5.11 Å². The number of para-hydroxylation sites is 1. The average Bonchev–Trinajstić information content (AvgIpc) is 2.27. The van der Waals surface area contributed by atoms with E-state index in [0.717, 1.165) is 12.1 Å². The van der Waals surface area contributed by atoms with Crippen LogP contribution in [0.4, 0.5) is 17.6 Å². The summed E-state index contributed by atoms with van der Waals surface area (Å²) in [5.74, 6) is -1.47. The molecule has 94 valence electrons. The van der Waals surface area contributed by atoms with Crippen molar-refractivity contribution in [3.05, 3.63) is 53.8 Å². The normalized spacial score (nSPS) is 11.6. The maximum atomic E-state index is 13.0. The lowest BCUT2D eigenvalue weighted by Gasteiger charge is -2.12. The third kappa shape index (κ3) is 2.30. The predicted octanol–water partition coefficient (Wildman–Crippen LogP) is 4.22. The molecule has 0 unspecified atom stereocenters. The van der Waals surface area contributed by atoms with Gasteiger partial charge in [0, 0.05) is 5.56 Å². The van der Waals surface area contributed by atoms with E-state index >= 15 is 0 Å². The molecule has 2 aromatic carbocycles. The fourth-order valence-electron chi connectivity index (χ4n) is 1.66. The number of phenols is 1. The summed E-state index contributed by atoms with van der Waals surface area (Å²) >= 11 is 0. The van der Waals surface area contributed by atoms with Crippen LogP contribution >= 0.6 is 0 Å². The molecule has 0 aliphatic rings. The van der Waals surface area contributed by atoms with Crippen molar-refractivity contribution in [2.24, 2.45) is 0 Å². The van der Waals surface area contributed by atoms with Crippen molar-refractivity contribution in [1.82, 2.24) is 0 Å². The molecule has 0 fully saturated rings. The molecular weight excluding hydrogens is 248 g/mol. The summed E-state index contributed by atoms with van der Waals surface area (Å²) in [7, 11) is 0. The zero-order valence-electron chi connectivity index (χ0n) is 9.00. The van der Waals surface area contributed by atoms with Crippen molar-refractivity contribution in [3.63, 3.8) is 0 Å². The molecule has 0 spiro atoms. The van der Waals surface area contributed by atoms with Crippen molar-refractivity contribution in [1.29, 1.82) is 0 Å². The van der Waals surface area contributed by atoms with E-state index in [0.29, 0.717) is 0 Å². The Bertz CT molecular complexity index is 575. The number of alkyl halides is 3. The van der Waals surface area contributed by atoms with Crippen LogP contribution in [0, 0.1) is 5.82 Å². The van der Waals surface area contributed by atoms with Crippen LogP contribution in [0.2, 0.25) is 0 Å². The molecule has 0 heterocycles. The summed E-state index contributed by atoms with van der Waals surface area (Å²) in [6.45, 7) is 0. The summed E-state index contributed by atoms with van der Waals surface area (Å²) in [4.78, 5) is 0. The Hall–Kier alpha value is -2.04. The van der Waals surface area contributed by atoms with Crippen molar-refractivity contribution in [2.75, 3.05) is 0 Å². The first-order valence-corrected chi connectivity index (χ1v) is 5.04. The van der Waals surface area contributed by atoms with Crippen LogP contribution in [0.25, 0.3) is 11.1 Å². The monoisotopic (exact) mass is 256 g/mol. The van der Waals surface area contributed by atoms with Gasteiger partial charge in [0.2, 0.25) is 0 Å². The maximum Gasteiger partial charge on any atom is 0.419 e. The van der Waals surface area contributed by atoms with Gasteiger partial charge in [0.15, 0.2) is 0 Å². The minimum absolute atomic E-state index is 0.0516. The minimum Gasteiger partial charge on any atom is -0.507 e. The van der Waals surface area contributed by atoms with E-state index in [2.05, 4.69) is 0 Å². The lowest BCUT2D eigenvalue weighted by molar-refractivity contribution is -0.138. The van der Waals surface area contributed by atoms with Gasteiger partial charge in [-0.3, -0.25) is 0 Å². The van der Waals surface area contributed by atoms with E-state index in [-0.39, 0.29) is 11.1 Å². The Kier molecular flexibility index (Phi) is 2.98. The van der Waals surface area contributed by atoms with Crippen LogP contribution in [0.5, 0.6) is 5.75 Å². The Morgan fingerprint density at radius 2 is 1.61 bits per heavy atom. The molecule has 0 aliphatic heterocycles. The van der Waals surface area contributed by atoms with E-state index in [1.807, 2.05) is 0 Å². The van der Waals surface area contributed by atoms with Crippen LogP contribution in [0.3, 0.4) is 0 Å². The molecule has 0 amide bonds. The number of hydrogen-bond acceptors (Lipinski definition) is 1. The van der Waals surface area contributed by atoms with Crippen LogP contribution < -0.4 is 0 Å². The maximum absolute atomic E-state index is 13.0. The number of phenolic OH excluding ortho intramolecular Hbond substituents is 1. The highest BCUT2D eigenvalue weighted by molar-refractivity contribution is 5.72. The second-order valence-corrected chi connectivity index (χ2v) is 3.71. The molecule has 1 N–H and O–H groups in total. The van der Waals surface area contributed by atoms with Crippen LogP contribution in [0.1, 0.15) is 5.56 Å². The molecule has 0 saturated carbocycles. The van der Waals surface area contributed by atoms with E-state index in [9.17, 15) is 22.7 Å². The summed E-state index contributed by atoms with van der Waals surface area (Å²) in [5.41, 5.74) is -0.993. The summed E-state index contributed by atoms with van der Waals surface area (Å²) in [6, 6.07) is 8.28. The zero-order chi connectivity index (χ0) is 13.3. The first kappa shape index (κ1) is 12.4. The SMILES string of the molecule is Oc1c(-c2cccc(F)c2)cccc1C(F)(F)F. The van der Waals surface area contributed by atoms with Gasteiger partial charge in [-0.05, 0) is 23.8 Å². The second kappa shape index (κ2) is 4.33. The number of halogens is 4. The molecule has 1 nitrogen and oxygen atoms in total. The van der Waals surface area contributed by atoms with Crippen LogP contribution in [-0.2, 0) is 6.18 Å². The molecule has 0 bridgehead atoms. The van der Waals surface area contributed by atoms with E-state index in [4.69, 9.17) is 0 Å². The predicted molar refractivity (Wildman–Crippen MR) is 58.5 cm³/mol. The molecular formula is C13H8F4O. The van der Waals surface area contributed by atoms with E-state index in [1.165, 1.54) is 30.3 Å². The van der Waals surface area contributed by atoms with Crippen molar-refractivity contribution in [2.45, 2.75) is 6.18 Å². The summed E-state index contributed by atoms with van der Waals surface area (Å²) in [6.07, 6.45) is -4.65. The van der Waals surface area contributed by atoms with Crippen LogP contribution in [-0.4, -0.2) is 5.11 Å². The Labute approximate surface area is 100 Å². The van der Waals surface area contributed by atoms with Gasteiger partial charge in [0.25, 0.3) is 0 Å². The van der Waals surface area contributed by atoms with Gasteiger partial charge in [0.1, 0.15) is 11.6 Å². The molecule has 2 rings (SSSR count). The molecule has 0 radical (unpaired) electrons. The third-order valence-corrected chi connectivity index (χ3v) is 2.48. The average molecular weight is 256 g/mol. The number of aromatic hydroxyl groups is 1. The van der Waals surface area contributed by atoms with Gasteiger partial charge in [-0.25, -0.2) is 4.39 Å². The quantitative estimate of drug-likeness (QED) is 0.757. The largest absolute Gasteiger partial charge is 0.507 e. The summed E-state index contributed by atoms with van der Waals surface area (Å²) in [5, 5.41) is 9.63. The first-order chi connectivity index (χ1) is 8.39. The molecule has 2 aromatic rings. The van der Waals surface area contributed by atoms with Gasteiger partial charge in [-0.2, -0.15) is 13.2 Å². The Morgan fingerprint density at radius 3 is 2.22 bits per heavy atom. The topological polar surface area (TPSA) is 20.2 Å². The molecule has 18 heavy (non-hydrogen) atoms. The van der Waals surface area contributed by atoms with E-state index in [1.54, 1.807) is 0 Å². The van der Waals surface area contributed by atoms with Gasteiger partial charge in [0.05, 0.1) is 5.56 Å². The molecule has 5 heteroatoms. The number of benzene rings is 2. The fourth-order valence-corrected chi connectivity index (χ4v) is 1.66. The van der Waals surface area contributed by atoms with Crippen LogP contribution in [0.15, 0.2) is 42.5 Å². The molecule has 0 atom stereocenters. The van der Waals surface area contributed by atoms with Crippen molar-refractivity contribution in [3.8, 4) is 16.9 Å². The van der Waals surface area contributed by atoms with Gasteiger partial charge in [-0.15, -0.1) is 0 Å². The fraction of sp³-hybridized carbons (Fsp3) is 0.0769. The smallest absolute Gasteiger partial charge is 0.419 e. The second-order valence-electron chi connectivity index (χ2n) is 3.71. The standard InChI is InChI=1S/C13H8F4O/c14-9-4-1-3-8(7-9)10-5-2-6-11(12(10)18)13(15,16)17/h1-7,18H. The Morgan fingerprint density at radius 1 is 0.944 bits per heavy atom. The third-order valence-electron chi connectivity index (χ3n) is 2.48. The lowest BCUT2D eigenvalue weighted by atomic mass is 10.0.